The first kappa shape index (κ1) is 13.0. The Morgan fingerprint density at radius 2 is 2.21 bits per heavy atom. The third-order valence-corrected chi connectivity index (χ3v) is 2.07. The smallest absolute Gasteiger partial charge is 0.220 e. The predicted molar refractivity (Wildman–Crippen MR) is 58.5 cm³/mol. The Hall–Kier alpha value is -1.01. The topological polar surface area (TPSA) is 55.1 Å². The van der Waals surface area contributed by atoms with Gasteiger partial charge >= 0.3 is 0 Å². The third-order valence-electron chi connectivity index (χ3n) is 2.07. The highest BCUT2D eigenvalue weighted by molar-refractivity contribution is 5.76. The molecule has 0 saturated carbocycles. The molecule has 0 rings (SSSR count). The third kappa shape index (κ3) is 7.63. The summed E-state index contributed by atoms with van der Waals surface area (Å²) in [6, 6.07) is 0. The molecule has 0 aromatic rings. The van der Waals surface area contributed by atoms with Crippen molar-refractivity contribution >= 4 is 5.91 Å². The highest BCUT2D eigenvalue weighted by atomic mass is 16.1. The van der Waals surface area contributed by atoms with Crippen LogP contribution in [0.25, 0.3) is 0 Å². The molecular formula is C11H20N2O. The fraction of sp³-hybridized carbons (Fsp3) is 0.727. The normalized spacial score (nSPS) is 11.4. The average Bonchev–Trinajstić information content (AvgIpc) is 2.16. The van der Waals surface area contributed by atoms with Gasteiger partial charge in [-0.25, -0.2) is 0 Å². The van der Waals surface area contributed by atoms with E-state index in [0.29, 0.717) is 25.4 Å². The number of nitrogens with two attached hydrogens (primary N) is 1. The molecule has 0 aromatic carbocycles. The van der Waals surface area contributed by atoms with Crippen molar-refractivity contribution in [1.29, 1.82) is 0 Å². The summed E-state index contributed by atoms with van der Waals surface area (Å²) in [7, 11) is 0. The van der Waals surface area contributed by atoms with Crippen LogP contribution in [0.1, 0.15) is 33.1 Å². The van der Waals surface area contributed by atoms with Gasteiger partial charge in [-0.05, 0) is 32.2 Å². The van der Waals surface area contributed by atoms with Gasteiger partial charge < -0.3 is 11.1 Å². The van der Waals surface area contributed by atoms with Gasteiger partial charge in [-0.2, -0.15) is 0 Å². The Morgan fingerprint density at radius 3 is 2.79 bits per heavy atom. The number of hydrogen-bond donors (Lipinski definition) is 2. The standard InChI is InChI=1S/C11H20N2O/c1-3-4-9-13-11(14)6-5-10(2)7-8-12/h10H,5-9,12H2,1-2H3,(H,13,14). The first-order valence-electron chi connectivity index (χ1n) is 5.07. The lowest BCUT2D eigenvalue weighted by Crippen LogP contribution is -2.23. The second-order valence-electron chi connectivity index (χ2n) is 3.42. The van der Waals surface area contributed by atoms with Crippen LogP contribution in [0.15, 0.2) is 0 Å². The lowest BCUT2D eigenvalue weighted by atomic mass is 10.0. The van der Waals surface area contributed by atoms with Gasteiger partial charge in [-0.15, -0.1) is 5.92 Å². The molecule has 3 N–H and O–H groups in total. The van der Waals surface area contributed by atoms with Gasteiger partial charge in [0.1, 0.15) is 0 Å². The molecule has 0 bridgehead atoms. The van der Waals surface area contributed by atoms with Crippen molar-refractivity contribution in [2.45, 2.75) is 33.1 Å². The van der Waals surface area contributed by atoms with Crippen molar-refractivity contribution in [3.8, 4) is 11.8 Å². The fourth-order valence-electron chi connectivity index (χ4n) is 1.13. The number of amides is 1. The maximum Gasteiger partial charge on any atom is 0.220 e. The molecular weight excluding hydrogens is 176 g/mol. The van der Waals surface area contributed by atoms with E-state index in [4.69, 9.17) is 5.73 Å². The Morgan fingerprint density at radius 1 is 1.50 bits per heavy atom. The maximum atomic E-state index is 11.2. The van der Waals surface area contributed by atoms with Gasteiger partial charge in [-0.3, -0.25) is 4.79 Å². The molecule has 80 valence electrons. The molecule has 0 radical (unpaired) electrons. The van der Waals surface area contributed by atoms with Crippen LogP contribution in [0.2, 0.25) is 0 Å². The summed E-state index contributed by atoms with van der Waals surface area (Å²) in [5.74, 6) is 6.13. The van der Waals surface area contributed by atoms with Crippen LogP contribution in [-0.4, -0.2) is 19.0 Å². The van der Waals surface area contributed by atoms with Crippen LogP contribution in [0, 0.1) is 17.8 Å². The van der Waals surface area contributed by atoms with Crippen molar-refractivity contribution < 1.29 is 4.79 Å². The van der Waals surface area contributed by atoms with Gasteiger partial charge in [0.05, 0.1) is 6.54 Å². The summed E-state index contributed by atoms with van der Waals surface area (Å²) in [4.78, 5) is 11.2. The van der Waals surface area contributed by atoms with Crippen LogP contribution in [0.5, 0.6) is 0 Å². The second-order valence-corrected chi connectivity index (χ2v) is 3.42. The largest absolute Gasteiger partial charge is 0.345 e. The van der Waals surface area contributed by atoms with Gasteiger partial charge in [0.2, 0.25) is 5.91 Å². The van der Waals surface area contributed by atoms with Crippen molar-refractivity contribution in [3.63, 3.8) is 0 Å². The summed E-state index contributed by atoms with van der Waals surface area (Å²) < 4.78 is 0. The van der Waals surface area contributed by atoms with E-state index in [0.717, 1.165) is 12.8 Å². The SMILES string of the molecule is CC#CCNC(=O)CCC(C)CCN. The quantitative estimate of drug-likeness (QED) is 0.620. The number of hydrogen-bond acceptors (Lipinski definition) is 2. The Bertz CT molecular complexity index is 215. The molecule has 0 heterocycles. The second kappa shape index (κ2) is 8.58. The van der Waals surface area contributed by atoms with Crippen LogP contribution in [0.3, 0.4) is 0 Å². The van der Waals surface area contributed by atoms with Gasteiger partial charge in [-0.1, -0.05) is 12.8 Å². The minimum Gasteiger partial charge on any atom is -0.345 e. The van der Waals surface area contributed by atoms with Crippen molar-refractivity contribution in [2.24, 2.45) is 11.7 Å². The van der Waals surface area contributed by atoms with Crippen LogP contribution >= 0.6 is 0 Å². The summed E-state index contributed by atoms with van der Waals surface area (Å²) in [5.41, 5.74) is 5.42. The minimum absolute atomic E-state index is 0.0802. The molecule has 1 atom stereocenters. The van der Waals surface area contributed by atoms with Crippen LogP contribution in [0.4, 0.5) is 0 Å². The number of carbonyl (C=O) groups is 1. The van der Waals surface area contributed by atoms with Gasteiger partial charge in [0, 0.05) is 6.42 Å². The summed E-state index contributed by atoms with van der Waals surface area (Å²) >= 11 is 0. The van der Waals surface area contributed by atoms with Crippen LogP contribution in [-0.2, 0) is 4.79 Å². The van der Waals surface area contributed by atoms with E-state index in [-0.39, 0.29) is 5.91 Å². The molecule has 1 amide bonds. The molecule has 0 aliphatic carbocycles. The predicted octanol–water partition coefficient (Wildman–Crippen LogP) is 0.891. The Kier molecular flexibility index (Phi) is 7.96. The lowest BCUT2D eigenvalue weighted by molar-refractivity contribution is -0.121. The molecule has 3 nitrogen and oxygen atoms in total. The zero-order chi connectivity index (χ0) is 10.8. The molecule has 0 aliphatic rings. The number of rotatable bonds is 6. The van der Waals surface area contributed by atoms with Crippen molar-refractivity contribution in [2.75, 3.05) is 13.1 Å². The van der Waals surface area contributed by atoms with E-state index in [1.807, 2.05) is 0 Å². The summed E-state index contributed by atoms with van der Waals surface area (Å²) in [6.07, 6.45) is 2.47. The van der Waals surface area contributed by atoms with Crippen molar-refractivity contribution in [3.05, 3.63) is 0 Å². The summed E-state index contributed by atoms with van der Waals surface area (Å²) in [5, 5.41) is 2.74. The van der Waals surface area contributed by atoms with E-state index >= 15 is 0 Å². The lowest BCUT2D eigenvalue weighted by Gasteiger charge is -2.08. The zero-order valence-electron chi connectivity index (χ0n) is 9.10. The molecule has 14 heavy (non-hydrogen) atoms. The first-order valence-corrected chi connectivity index (χ1v) is 5.07. The molecule has 3 heteroatoms. The highest BCUT2D eigenvalue weighted by Gasteiger charge is 2.04. The average molecular weight is 196 g/mol. The zero-order valence-corrected chi connectivity index (χ0v) is 9.10. The van der Waals surface area contributed by atoms with E-state index in [1.165, 1.54) is 0 Å². The maximum absolute atomic E-state index is 11.2. The molecule has 0 fully saturated rings. The van der Waals surface area contributed by atoms with E-state index in [1.54, 1.807) is 6.92 Å². The highest BCUT2D eigenvalue weighted by Crippen LogP contribution is 2.08. The number of carbonyl (C=O) groups excluding carboxylic acids is 1. The molecule has 0 aliphatic heterocycles. The summed E-state index contributed by atoms with van der Waals surface area (Å²) in [6.45, 7) is 5.03. The van der Waals surface area contributed by atoms with E-state index in [2.05, 4.69) is 24.1 Å². The van der Waals surface area contributed by atoms with E-state index < -0.39 is 0 Å². The van der Waals surface area contributed by atoms with E-state index in [9.17, 15) is 4.79 Å². The molecule has 1 unspecified atom stereocenters. The molecule has 0 spiro atoms. The van der Waals surface area contributed by atoms with Gasteiger partial charge in [0.25, 0.3) is 0 Å². The van der Waals surface area contributed by atoms with Crippen molar-refractivity contribution in [1.82, 2.24) is 5.32 Å². The Balaban J connectivity index is 3.46. The Labute approximate surface area is 86.4 Å². The first-order chi connectivity index (χ1) is 6.70. The molecule has 0 aromatic heterocycles. The molecule has 0 saturated heterocycles. The monoisotopic (exact) mass is 196 g/mol. The minimum atomic E-state index is 0.0802. The van der Waals surface area contributed by atoms with Crippen LogP contribution < -0.4 is 11.1 Å². The van der Waals surface area contributed by atoms with Gasteiger partial charge in [0.15, 0.2) is 0 Å². The number of nitrogens with one attached hydrogen (secondary N) is 1. The fourth-order valence-corrected chi connectivity index (χ4v) is 1.13.